The standard InChI is InChI=1S/C13H27N3O3S.2ClH/c1-4-16(5-2)11-10-15-12(17)13(20(3,18)19)6-8-14-9-7-13;;/h14H,4-11H2,1-3H3,(H,15,17);2*1H. The molecule has 1 heterocycles. The Balaban J connectivity index is 0. The Morgan fingerprint density at radius 2 is 1.68 bits per heavy atom. The van der Waals surface area contributed by atoms with Gasteiger partial charge in [0.1, 0.15) is 0 Å². The number of likely N-dealkylation sites (N-methyl/N-ethyl adjacent to an activating group) is 1. The summed E-state index contributed by atoms with van der Waals surface area (Å²) in [4.78, 5) is 14.6. The molecule has 0 saturated carbocycles. The molecule has 1 aliphatic heterocycles. The highest BCUT2D eigenvalue weighted by Crippen LogP contribution is 2.27. The van der Waals surface area contributed by atoms with Crippen LogP contribution in [0.25, 0.3) is 0 Å². The largest absolute Gasteiger partial charge is 0.353 e. The highest BCUT2D eigenvalue weighted by atomic mass is 35.5. The van der Waals surface area contributed by atoms with E-state index in [1.807, 2.05) is 0 Å². The van der Waals surface area contributed by atoms with Gasteiger partial charge in [0.05, 0.1) is 0 Å². The second-order valence-electron chi connectivity index (χ2n) is 5.30. The minimum atomic E-state index is -3.41. The van der Waals surface area contributed by atoms with E-state index >= 15 is 0 Å². The fourth-order valence-electron chi connectivity index (χ4n) is 2.63. The number of carbonyl (C=O) groups excluding carboxylic acids is 1. The summed E-state index contributed by atoms with van der Waals surface area (Å²) in [6.07, 6.45) is 1.87. The Kier molecular flexibility index (Phi) is 11.7. The number of carbonyl (C=O) groups is 1. The second kappa shape index (κ2) is 10.6. The summed E-state index contributed by atoms with van der Waals surface area (Å²) in [6.45, 7) is 8.35. The highest BCUT2D eigenvalue weighted by molar-refractivity contribution is 7.92. The van der Waals surface area contributed by atoms with Crippen LogP contribution in [0.3, 0.4) is 0 Å². The molecule has 0 aromatic heterocycles. The number of hydrogen-bond acceptors (Lipinski definition) is 5. The quantitative estimate of drug-likeness (QED) is 0.673. The second-order valence-corrected chi connectivity index (χ2v) is 7.63. The molecule has 22 heavy (non-hydrogen) atoms. The van der Waals surface area contributed by atoms with Gasteiger partial charge in [0.15, 0.2) is 14.6 Å². The van der Waals surface area contributed by atoms with Gasteiger partial charge in [-0.2, -0.15) is 0 Å². The first kappa shape index (κ1) is 24.2. The van der Waals surface area contributed by atoms with Crippen molar-refractivity contribution in [2.75, 3.05) is 45.5 Å². The summed E-state index contributed by atoms with van der Waals surface area (Å²) in [6, 6.07) is 0. The molecule has 0 unspecified atom stereocenters. The van der Waals surface area contributed by atoms with Gasteiger partial charge in [0.25, 0.3) is 0 Å². The summed E-state index contributed by atoms with van der Waals surface area (Å²) in [5.41, 5.74) is 0. The van der Waals surface area contributed by atoms with Gasteiger partial charge in [-0.15, -0.1) is 24.8 Å². The first-order valence-corrected chi connectivity index (χ1v) is 9.17. The third-order valence-corrected chi connectivity index (χ3v) is 6.16. The third kappa shape index (κ3) is 5.85. The van der Waals surface area contributed by atoms with Gasteiger partial charge in [-0.05, 0) is 39.0 Å². The zero-order valence-corrected chi connectivity index (χ0v) is 16.0. The van der Waals surface area contributed by atoms with Crippen LogP contribution in [-0.2, 0) is 14.6 Å². The van der Waals surface area contributed by atoms with Crippen LogP contribution < -0.4 is 10.6 Å². The van der Waals surface area contributed by atoms with Crippen molar-refractivity contribution >= 4 is 40.6 Å². The lowest BCUT2D eigenvalue weighted by atomic mass is 9.96. The Labute approximate surface area is 146 Å². The molecule has 1 fully saturated rings. The van der Waals surface area contributed by atoms with E-state index in [1.165, 1.54) is 6.26 Å². The van der Waals surface area contributed by atoms with Crippen molar-refractivity contribution in [2.24, 2.45) is 0 Å². The van der Waals surface area contributed by atoms with Gasteiger partial charge < -0.3 is 15.5 Å². The molecule has 0 aromatic rings. The molecular weight excluding hydrogens is 349 g/mol. The molecule has 0 bridgehead atoms. The number of piperidine rings is 1. The normalized spacial score (nSPS) is 17.3. The first-order chi connectivity index (χ1) is 9.37. The first-order valence-electron chi connectivity index (χ1n) is 7.28. The van der Waals surface area contributed by atoms with Crippen LogP contribution in [0.2, 0.25) is 0 Å². The molecule has 6 nitrogen and oxygen atoms in total. The molecular formula is C13H29Cl2N3O3S. The summed E-state index contributed by atoms with van der Waals surface area (Å²) in [7, 11) is -3.41. The van der Waals surface area contributed by atoms with Gasteiger partial charge >= 0.3 is 0 Å². The van der Waals surface area contributed by atoms with Crippen LogP contribution >= 0.6 is 24.8 Å². The minimum absolute atomic E-state index is 0. The molecule has 1 aliphatic rings. The number of hydrogen-bond donors (Lipinski definition) is 2. The van der Waals surface area contributed by atoms with Crippen molar-refractivity contribution < 1.29 is 13.2 Å². The van der Waals surface area contributed by atoms with E-state index in [0.29, 0.717) is 32.5 Å². The number of sulfone groups is 1. The predicted molar refractivity (Wildman–Crippen MR) is 95.0 cm³/mol. The van der Waals surface area contributed by atoms with Gasteiger partial charge in [-0.3, -0.25) is 4.79 Å². The Bertz CT molecular complexity index is 422. The highest BCUT2D eigenvalue weighted by Gasteiger charge is 2.48. The van der Waals surface area contributed by atoms with Crippen LogP contribution in [0.5, 0.6) is 0 Å². The molecule has 1 amide bonds. The Hall–Kier alpha value is -0.0800. The number of amides is 1. The van der Waals surface area contributed by atoms with Crippen molar-refractivity contribution in [1.82, 2.24) is 15.5 Å². The lowest BCUT2D eigenvalue weighted by molar-refractivity contribution is -0.124. The summed E-state index contributed by atoms with van der Waals surface area (Å²) in [5, 5.41) is 5.92. The molecule has 0 atom stereocenters. The van der Waals surface area contributed by atoms with Crippen LogP contribution in [0.1, 0.15) is 26.7 Å². The summed E-state index contributed by atoms with van der Waals surface area (Å²) >= 11 is 0. The maximum Gasteiger partial charge on any atom is 0.241 e. The average Bonchev–Trinajstić information content (AvgIpc) is 2.43. The Morgan fingerprint density at radius 3 is 2.09 bits per heavy atom. The monoisotopic (exact) mass is 377 g/mol. The number of nitrogens with zero attached hydrogens (tertiary/aromatic N) is 1. The maximum atomic E-state index is 12.4. The van der Waals surface area contributed by atoms with Gasteiger partial charge in [-0.1, -0.05) is 13.8 Å². The molecule has 1 rings (SSSR count). The zero-order chi connectivity index (χ0) is 15.2. The van der Waals surface area contributed by atoms with Crippen molar-refractivity contribution in [3.05, 3.63) is 0 Å². The van der Waals surface area contributed by atoms with Crippen molar-refractivity contribution in [1.29, 1.82) is 0 Å². The Morgan fingerprint density at radius 1 is 1.18 bits per heavy atom. The van der Waals surface area contributed by atoms with Crippen LogP contribution in [-0.4, -0.2) is 69.5 Å². The number of nitrogens with one attached hydrogen (secondary N) is 2. The number of rotatable bonds is 7. The third-order valence-electron chi connectivity index (χ3n) is 4.14. The van der Waals surface area contributed by atoms with E-state index < -0.39 is 14.6 Å². The molecule has 0 aliphatic carbocycles. The van der Waals surface area contributed by atoms with E-state index in [0.717, 1.165) is 19.6 Å². The van der Waals surface area contributed by atoms with Crippen molar-refractivity contribution in [3.63, 3.8) is 0 Å². The fourth-order valence-corrected chi connectivity index (χ4v) is 3.98. The molecule has 0 radical (unpaired) electrons. The van der Waals surface area contributed by atoms with Crippen LogP contribution in [0, 0.1) is 0 Å². The van der Waals surface area contributed by atoms with Gasteiger partial charge in [0, 0.05) is 19.3 Å². The van der Waals surface area contributed by atoms with Crippen molar-refractivity contribution in [3.8, 4) is 0 Å². The summed E-state index contributed by atoms with van der Waals surface area (Å²) < 4.78 is 22.9. The van der Waals surface area contributed by atoms with Gasteiger partial charge in [0.2, 0.25) is 5.91 Å². The predicted octanol–water partition coefficient (Wildman–Crippen LogP) is 0.455. The maximum absolute atomic E-state index is 12.4. The van der Waals surface area contributed by atoms with E-state index in [4.69, 9.17) is 0 Å². The van der Waals surface area contributed by atoms with Crippen molar-refractivity contribution in [2.45, 2.75) is 31.4 Å². The average molecular weight is 378 g/mol. The molecule has 0 spiro atoms. The molecule has 0 aromatic carbocycles. The summed E-state index contributed by atoms with van der Waals surface area (Å²) in [5.74, 6) is -0.339. The molecule has 2 N–H and O–H groups in total. The zero-order valence-electron chi connectivity index (χ0n) is 13.6. The fraction of sp³-hybridized carbons (Fsp3) is 0.923. The van der Waals surface area contributed by atoms with E-state index in [1.54, 1.807) is 0 Å². The van der Waals surface area contributed by atoms with Crippen LogP contribution in [0.15, 0.2) is 0 Å². The lowest BCUT2D eigenvalue weighted by Gasteiger charge is -2.34. The van der Waals surface area contributed by atoms with E-state index in [-0.39, 0.29) is 30.7 Å². The lowest BCUT2D eigenvalue weighted by Crippen LogP contribution is -2.57. The molecule has 134 valence electrons. The van der Waals surface area contributed by atoms with Crippen LogP contribution in [0.4, 0.5) is 0 Å². The SMILES string of the molecule is CCN(CC)CCNC(=O)C1(S(C)(=O)=O)CCNCC1.Cl.Cl. The van der Waals surface area contributed by atoms with E-state index in [2.05, 4.69) is 29.4 Å². The van der Waals surface area contributed by atoms with Gasteiger partial charge in [-0.25, -0.2) is 8.42 Å². The number of halogens is 2. The minimum Gasteiger partial charge on any atom is -0.353 e. The molecule has 9 heteroatoms. The molecule has 1 saturated heterocycles. The smallest absolute Gasteiger partial charge is 0.241 e. The topological polar surface area (TPSA) is 78.5 Å². The van der Waals surface area contributed by atoms with E-state index in [9.17, 15) is 13.2 Å².